The Hall–Kier alpha value is -2.17. The molecule has 2 rings (SSSR count). The highest BCUT2D eigenvalue weighted by molar-refractivity contribution is 6.14. The first kappa shape index (κ1) is 13.3. The van der Waals surface area contributed by atoms with Crippen LogP contribution in [0, 0.1) is 5.41 Å². The van der Waals surface area contributed by atoms with Crippen molar-refractivity contribution in [2.24, 2.45) is 10.5 Å². The van der Waals surface area contributed by atoms with Gasteiger partial charge in [-0.1, -0.05) is 19.9 Å². The summed E-state index contributed by atoms with van der Waals surface area (Å²) >= 11 is 0. The van der Waals surface area contributed by atoms with Gasteiger partial charge in [0.2, 0.25) is 0 Å². The van der Waals surface area contributed by atoms with Crippen LogP contribution < -0.4 is 5.43 Å². The van der Waals surface area contributed by atoms with Crippen LogP contribution in [0.15, 0.2) is 40.8 Å². The summed E-state index contributed by atoms with van der Waals surface area (Å²) in [6, 6.07) is 5.39. The monoisotopic (exact) mass is 259 g/mol. The number of Topliss-reactive ketones (excluding diaryl/α,β-unsaturated/α-hetero) is 1. The number of rotatable bonds is 3. The highest BCUT2D eigenvalue weighted by Crippen LogP contribution is 2.35. The molecule has 0 aromatic carbocycles. The van der Waals surface area contributed by atoms with E-state index in [0.717, 1.165) is 0 Å². The smallest absolute Gasteiger partial charge is 0.168 e. The molecule has 0 radical (unpaired) electrons. The van der Waals surface area contributed by atoms with Gasteiger partial charge in [-0.15, -0.1) is 0 Å². The number of hydrogen-bond acceptors (Lipinski definition) is 5. The molecular weight excluding hydrogens is 242 g/mol. The van der Waals surface area contributed by atoms with Crippen LogP contribution in [0.1, 0.15) is 26.7 Å². The van der Waals surface area contributed by atoms with Crippen molar-refractivity contribution in [3.05, 3.63) is 35.7 Å². The first-order valence-electron chi connectivity index (χ1n) is 6.13. The van der Waals surface area contributed by atoms with E-state index in [9.17, 15) is 9.90 Å². The largest absolute Gasteiger partial charge is 0.511 e. The number of allylic oxidation sites excluding steroid dienone is 2. The lowest BCUT2D eigenvalue weighted by atomic mass is 9.77. The fourth-order valence-corrected chi connectivity index (χ4v) is 2.04. The molecule has 1 aliphatic carbocycles. The van der Waals surface area contributed by atoms with Crippen molar-refractivity contribution in [1.82, 2.24) is 4.98 Å². The van der Waals surface area contributed by atoms with Gasteiger partial charge in [0.1, 0.15) is 11.6 Å². The summed E-state index contributed by atoms with van der Waals surface area (Å²) in [5.41, 5.74) is 2.81. The van der Waals surface area contributed by atoms with Crippen molar-refractivity contribution >= 4 is 17.8 Å². The van der Waals surface area contributed by atoms with E-state index in [1.807, 2.05) is 19.9 Å². The summed E-state index contributed by atoms with van der Waals surface area (Å²) in [4.78, 5) is 15.9. The maximum atomic E-state index is 11.9. The van der Waals surface area contributed by atoms with Gasteiger partial charge in [-0.2, -0.15) is 5.10 Å². The number of aliphatic hydroxyl groups excluding tert-OH is 1. The van der Waals surface area contributed by atoms with Crippen LogP contribution in [-0.4, -0.2) is 22.1 Å². The zero-order chi connectivity index (χ0) is 13.9. The standard InChI is InChI=1S/C14H17N3O2/c1-14(2)7-11(18)10(12(19)8-14)9-16-17-13-5-3-4-6-15-13/h3-6,9,18H,7-8H2,1-2H3,(H,15,17)/b16-9+. The maximum Gasteiger partial charge on any atom is 0.168 e. The molecule has 0 unspecified atom stereocenters. The van der Waals surface area contributed by atoms with Gasteiger partial charge >= 0.3 is 0 Å². The third-order valence-electron chi connectivity index (χ3n) is 2.93. The minimum atomic E-state index is -0.188. The number of aliphatic hydroxyl groups is 1. The fraction of sp³-hybridized carbons (Fsp3) is 0.357. The minimum absolute atomic E-state index is 0.0830. The van der Waals surface area contributed by atoms with Gasteiger partial charge in [-0.3, -0.25) is 10.2 Å². The number of anilines is 1. The summed E-state index contributed by atoms with van der Waals surface area (Å²) in [5.74, 6) is 0.607. The molecule has 0 aliphatic heterocycles. The lowest BCUT2D eigenvalue weighted by molar-refractivity contribution is -0.117. The second-order valence-corrected chi connectivity index (χ2v) is 5.39. The Morgan fingerprint density at radius 3 is 2.84 bits per heavy atom. The number of hydrogen-bond donors (Lipinski definition) is 2. The predicted octanol–water partition coefficient (Wildman–Crippen LogP) is 2.68. The molecule has 0 spiro atoms. The van der Waals surface area contributed by atoms with Gasteiger partial charge in [0.05, 0.1) is 11.8 Å². The average molecular weight is 259 g/mol. The van der Waals surface area contributed by atoms with E-state index < -0.39 is 0 Å². The van der Waals surface area contributed by atoms with E-state index in [1.54, 1.807) is 18.3 Å². The Kier molecular flexibility index (Phi) is 3.64. The normalized spacial score (nSPS) is 18.9. The second kappa shape index (κ2) is 5.22. The first-order chi connectivity index (χ1) is 8.98. The van der Waals surface area contributed by atoms with Crippen LogP contribution in [0.4, 0.5) is 5.82 Å². The quantitative estimate of drug-likeness (QED) is 0.646. The van der Waals surface area contributed by atoms with Crippen LogP contribution in [-0.2, 0) is 4.79 Å². The number of carbonyl (C=O) groups excluding carboxylic acids is 1. The van der Waals surface area contributed by atoms with Crippen molar-refractivity contribution in [3.8, 4) is 0 Å². The number of aromatic nitrogens is 1. The average Bonchev–Trinajstić information content (AvgIpc) is 2.32. The van der Waals surface area contributed by atoms with Gasteiger partial charge < -0.3 is 5.11 Å². The molecule has 5 heteroatoms. The molecule has 19 heavy (non-hydrogen) atoms. The Labute approximate surface area is 112 Å². The van der Waals surface area contributed by atoms with Crippen molar-refractivity contribution < 1.29 is 9.90 Å². The molecular formula is C14H17N3O2. The molecule has 0 bridgehead atoms. The number of nitrogens with zero attached hydrogens (tertiary/aromatic N) is 2. The predicted molar refractivity (Wildman–Crippen MR) is 74.0 cm³/mol. The SMILES string of the molecule is CC1(C)CC(=O)C(/C=N/Nc2ccccn2)=C(O)C1. The van der Waals surface area contributed by atoms with E-state index in [1.165, 1.54) is 6.21 Å². The van der Waals surface area contributed by atoms with E-state index >= 15 is 0 Å². The van der Waals surface area contributed by atoms with Crippen molar-refractivity contribution in [2.45, 2.75) is 26.7 Å². The molecule has 100 valence electrons. The number of nitrogens with one attached hydrogen (secondary N) is 1. The third-order valence-corrected chi connectivity index (χ3v) is 2.93. The van der Waals surface area contributed by atoms with E-state index in [4.69, 9.17) is 0 Å². The molecule has 0 saturated carbocycles. The number of pyridine rings is 1. The zero-order valence-electron chi connectivity index (χ0n) is 11.1. The molecule has 2 N–H and O–H groups in total. The molecule has 1 aromatic rings. The highest BCUT2D eigenvalue weighted by atomic mass is 16.3. The van der Waals surface area contributed by atoms with Crippen LogP contribution >= 0.6 is 0 Å². The number of hydrazone groups is 1. The summed E-state index contributed by atoms with van der Waals surface area (Å²) in [6.07, 6.45) is 3.91. The lowest BCUT2D eigenvalue weighted by Gasteiger charge is -2.28. The highest BCUT2D eigenvalue weighted by Gasteiger charge is 2.32. The lowest BCUT2D eigenvalue weighted by Crippen LogP contribution is -2.26. The molecule has 0 atom stereocenters. The van der Waals surface area contributed by atoms with Gasteiger partial charge in [0.25, 0.3) is 0 Å². The van der Waals surface area contributed by atoms with Gasteiger partial charge in [-0.25, -0.2) is 4.98 Å². The molecule has 0 fully saturated rings. The Balaban J connectivity index is 2.08. The number of carbonyl (C=O) groups is 1. The van der Waals surface area contributed by atoms with Crippen LogP contribution in [0.3, 0.4) is 0 Å². The first-order valence-corrected chi connectivity index (χ1v) is 6.13. The van der Waals surface area contributed by atoms with Crippen LogP contribution in [0.5, 0.6) is 0 Å². The molecule has 1 heterocycles. The van der Waals surface area contributed by atoms with Crippen molar-refractivity contribution in [2.75, 3.05) is 5.43 Å². The molecule has 5 nitrogen and oxygen atoms in total. The van der Waals surface area contributed by atoms with Crippen molar-refractivity contribution in [1.29, 1.82) is 0 Å². The summed E-state index contributed by atoms with van der Waals surface area (Å²) < 4.78 is 0. The van der Waals surface area contributed by atoms with Crippen LogP contribution in [0.2, 0.25) is 0 Å². The molecule has 1 aromatic heterocycles. The van der Waals surface area contributed by atoms with Gasteiger partial charge in [0.15, 0.2) is 5.78 Å². The van der Waals surface area contributed by atoms with E-state index in [2.05, 4.69) is 15.5 Å². The molecule has 0 saturated heterocycles. The zero-order valence-corrected chi connectivity index (χ0v) is 11.1. The fourth-order valence-electron chi connectivity index (χ4n) is 2.04. The van der Waals surface area contributed by atoms with E-state index in [-0.39, 0.29) is 22.5 Å². The Morgan fingerprint density at radius 1 is 1.42 bits per heavy atom. The Morgan fingerprint density at radius 2 is 2.21 bits per heavy atom. The van der Waals surface area contributed by atoms with Crippen LogP contribution in [0.25, 0.3) is 0 Å². The number of ketones is 1. The molecule has 0 amide bonds. The maximum absolute atomic E-state index is 11.9. The third kappa shape index (κ3) is 3.40. The van der Waals surface area contributed by atoms with Gasteiger partial charge in [-0.05, 0) is 17.5 Å². The summed E-state index contributed by atoms with van der Waals surface area (Å²) in [5, 5.41) is 13.8. The topological polar surface area (TPSA) is 74.6 Å². The summed E-state index contributed by atoms with van der Waals surface area (Å²) in [7, 11) is 0. The summed E-state index contributed by atoms with van der Waals surface area (Å²) in [6.45, 7) is 3.92. The second-order valence-electron chi connectivity index (χ2n) is 5.39. The molecule has 1 aliphatic rings. The van der Waals surface area contributed by atoms with E-state index in [0.29, 0.717) is 18.7 Å². The van der Waals surface area contributed by atoms with Crippen molar-refractivity contribution in [3.63, 3.8) is 0 Å². The Bertz CT molecular complexity index is 533. The minimum Gasteiger partial charge on any atom is -0.511 e. The van der Waals surface area contributed by atoms with Gasteiger partial charge in [0, 0.05) is 19.0 Å².